The Morgan fingerprint density at radius 1 is 0.787 bits per heavy atom. The molecule has 0 saturated carbocycles. The van der Waals surface area contributed by atoms with Crippen molar-refractivity contribution in [3.63, 3.8) is 0 Å². The molecule has 2 aromatic carbocycles. The number of thioether (sulfide) groups is 1. The molecule has 0 fully saturated rings. The Kier molecular flexibility index (Phi) is 17.4. The van der Waals surface area contributed by atoms with Crippen molar-refractivity contribution in [1.29, 1.82) is 0 Å². The number of nitrogens with one attached hydrogen (secondary N) is 5. The molecular formula is C33H45N5O8S. The van der Waals surface area contributed by atoms with Crippen molar-refractivity contribution in [2.24, 2.45) is 5.92 Å². The number of rotatable bonds is 20. The van der Waals surface area contributed by atoms with Gasteiger partial charge in [0.1, 0.15) is 30.8 Å². The van der Waals surface area contributed by atoms with Crippen molar-refractivity contribution in [3.8, 4) is 0 Å². The molecule has 0 bridgehead atoms. The number of methoxy groups -OCH3 is 1. The minimum atomic E-state index is -1.28. The molecule has 47 heavy (non-hydrogen) atoms. The quantitative estimate of drug-likeness (QED) is 0.103. The van der Waals surface area contributed by atoms with Crippen LogP contribution in [0.2, 0.25) is 0 Å². The lowest BCUT2D eigenvalue weighted by atomic mass is 10.0. The summed E-state index contributed by atoms with van der Waals surface area (Å²) in [6.07, 6.45) is 2.17. The molecule has 0 aliphatic carbocycles. The van der Waals surface area contributed by atoms with Gasteiger partial charge in [-0.2, -0.15) is 11.8 Å². The van der Waals surface area contributed by atoms with E-state index in [1.165, 1.54) is 11.8 Å². The summed E-state index contributed by atoms with van der Waals surface area (Å²) in [6, 6.07) is 13.7. The standard InChI is InChI=1S/C33H45N5O8S/c1-22(2)17-26(36-30(41)25(35-21-39)15-16-47-4)31(42)37-27(18-23-11-7-5-8-12-23)29(40)34-19-28(32(43)45-3)38-33(44)46-20-24-13-9-6-10-14-24/h5-14,21-22,25-28H,15-20H2,1-4H3,(H,34,40)(H,35,39)(H,36,41)(H,37,42)(H,38,44)/t25-,26-,27-,28-/m0/s1. The van der Waals surface area contributed by atoms with Crippen molar-refractivity contribution in [3.05, 3.63) is 71.8 Å². The number of ether oxygens (including phenoxy) is 2. The highest BCUT2D eigenvalue weighted by Crippen LogP contribution is 2.10. The Hall–Kier alpha value is -4.59. The number of benzene rings is 2. The van der Waals surface area contributed by atoms with Crippen molar-refractivity contribution < 1.29 is 38.2 Å². The summed E-state index contributed by atoms with van der Waals surface area (Å²) < 4.78 is 9.99. The van der Waals surface area contributed by atoms with Crippen LogP contribution in [-0.2, 0) is 46.5 Å². The van der Waals surface area contributed by atoms with Gasteiger partial charge in [0.25, 0.3) is 0 Å². The van der Waals surface area contributed by atoms with Gasteiger partial charge in [-0.3, -0.25) is 19.2 Å². The molecule has 0 aliphatic rings. The van der Waals surface area contributed by atoms with Crippen LogP contribution < -0.4 is 26.6 Å². The maximum absolute atomic E-state index is 13.6. The number of hydrogen-bond donors (Lipinski definition) is 5. The number of hydrogen-bond acceptors (Lipinski definition) is 9. The minimum absolute atomic E-state index is 0.00432. The molecule has 2 rings (SSSR count). The summed E-state index contributed by atoms with van der Waals surface area (Å²) in [4.78, 5) is 76.2. The Morgan fingerprint density at radius 2 is 1.38 bits per heavy atom. The van der Waals surface area contributed by atoms with Crippen LogP contribution >= 0.6 is 11.8 Å². The second-order valence-corrected chi connectivity index (χ2v) is 12.1. The lowest BCUT2D eigenvalue weighted by Gasteiger charge is -2.26. The predicted octanol–water partition coefficient (Wildman–Crippen LogP) is 1.70. The summed E-state index contributed by atoms with van der Waals surface area (Å²) >= 11 is 1.52. The molecule has 0 aliphatic heterocycles. The Balaban J connectivity index is 2.17. The van der Waals surface area contributed by atoms with E-state index in [1.54, 1.807) is 48.5 Å². The highest BCUT2D eigenvalue weighted by Gasteiger charge is 2.31. The molecule has 0 aromatic heterocycles. The highest BCUT2D eigenvalue weighted by molar-refractivity contribution is 7.98. The molecule has 0 radical (unpaired) electrons. The van der Waals surface area contributed by atoms with Crippen LogP contribution in [0.15, 0.2) is 60.7 Å². The molecule has 5 N–H and O–H groups in total. The number of amides is 5. The fourth-order valence-electron chi connectivity index (χ4n) is 4.48. The zero-order chi connectivity index (χ0) is 34.6. The Morgan fingerprint density at radius 3 is 1.96 bits per heavy atom. The number of carbonyl (C=O) groups is 6. The zero-order valence-corrected chi connectivity index (χ0v) is 28.0. The summed E-state index contributed by atoms with van der Waals surface area (Å²) in [5, 5.41) is 13.0. The van der Waals surface area contributed by atoms with Gasteiger partial charge in [0.15, 0.2) is 0 Å². The summed E-state index contributed by atoms with van der Waals surface area (Å²) in [6.45, 7) is 3.39. The van der Waals surface area contributed by atoms with Gasteiger partial charge in [-0.05, 0) is 41.9 Å². The largest absolute Gasteiger partial charge is 0.467 e. The molecule has 5 amide bonds. The first-order chi connectivity index (χ1) is 22.6. The third-order valence-corrected chi connectivity index (χ3v) is 7.57. The molecule has 0 spiro atoms. The van der Waals surface area contributed by atoms with Crippen molar-refractivity contribution in [1.82, 2.24) is 26.6 Å². The first-order valence-electron chi connectivity index (χ1n) is 15.2. The lowest BCUT2D eigenvalue weighted by molar-refractivity contribution is -0.143. The van der Waals surface area contributed by atoms with Crippen LogP contribution in [0.5, 0.6) is 0 Å². The van der Waals surface area contributed by atoms with Gasteiger partial charge < -0.3 is 36.1 Å². The first kappa shape index (κ1) is 38.6. The third-order valence-electron chi connectivity index (χ3n) is 6.92. The third kappa shape index (κ3) is 14.6. The second kappa shape index (κ2) is 21.3. The molecule has 13 nitrogen and oxygen atoms in total. The molecular weight excluding hydrogens is 626 g/mol. The number of carbonyl (C=O) groups excluding carboxylic acids is 6. The first-order valence-corrected chi connectivity index (χ1v) is 16.6. The van der Waals surface area contributed by atoms with Crippen LogP contribution in [0.25, 0.3) is 0 Å². The van der Waals surface area contributed by atoms with Gasteiger partial charge in [0.05, 0.1) is 7.11 Å². The van der Waals surface area contributed by atoms with Gasteiger partial charge in [-0.25, -0.2) is 9.59 Å². The number of alkyl carbamates (subject to hydrolysis) is 1. The molecule has 256 valence electrons. The van der Waals surface area contributed by atoms with Crippen molar-refractivity contribution in [2.75, 3.05) is 25.7 Å². The van der Waals surface area contributed by atoms with E-state index in [1.807, 2.05) is 32.2 Å². The summed E-state index contributed by atoms with van der Waals surface area (Å²) in [5.41, 5.74) is 1.49. The van der Waals surface area contributed by atoms with E-state index in [0.717, 1.165) is 18.2 Å². The summed E-state index contributed by atoms with van der Waals surface area (Å²) in [5.74, 6) is -1.93. The molecule has 0 saturated heterocycles. The highest BCUT2D eigenvalue weighted by atomic mass is 32.2. The van der Waals surface area contributed by atoms with E-state index in [9.17, 15) is 28.8 Å². The summed E-state index contributed by atoms with van der Waals surface area (Å²) in [7, 11) is 1.14. The van der Waals surface area contributed by atoms with Gasteiger partial charge in [0.2, 0.25) is 24.1 Å². The van der Waals surface area contributed by atoms with Crippen LogP contribution in [-0.4, -0.2) is 86.0 Å². The van der Waals surface area contributed by atoms with E-state index in [0.29, 0.717) is 18.6 Å². The van der Waals surface area contributed by atoms with Crippen LogP contribution in [0.3, 0.4) is 0 Å². The Bertz CT molecular complexity index is 1300. The van der Waals surface area contributed by atoms with Crippen molar-refractivity contribution >= 4 is 48.0 Å². The van der Waals surface area contributed by atoms with Gasteiger partial charge in [-0.1, -0.05) is 74.5 Å². The van der Waals surface area contributed by atoms with Crippen LogP contribution in [0.4, 0.5) is 4.79 Å². The van der Waals surface area contributed by atoms with Gasteiger partial charge >= 0.3 is 12.1 Å². The minimum Gasteiger partial charge on any atom is -0.467 e. The molecule has 4 atom stereocenters. The smallest absolute Gasteiger partial charge is 0.408 e. The topological polar surface area (TPSA) is 181 Å². The Labute approximate surface area is 279 Å². The average molecular weight is 672 g/mol. The van der Waals surface area contributed by atoms with Crippen LogP contribution in [0, 0.1) is 5.92 Å². The average Bonchev–Trinajstić information content (AvgIpc) is 3.07. The second-order valence-electron chi connectivity index (χ2n) is 11.1. The van der Waals surface area contributed by atoms with E-state index < -0.39 is 54.0 Å². The molecule has 0 unspecified atom stereocenters. The zero-order valence-electron chi connectivity index (χ0n) is 27.2. The van der Waals surface area contributed by atoms with Gasteiger partial charge in [-0.15, -0.1) is 0 Å². The van der Waals surface area contributed by atoms with E-state index >= 15 is 0 Å². The van der Waals surface area contributed by atoms with Crippen LogP contribution in [0.1, 0.15) is 37.8 Å². The maximum Gasteiger partial charge on any atom is 0.408 e. The molecule has 14 heteroatoms. The fourth-order valence-corrected chi connectivity index (χ4v) is 4.95. The lowest BCUT2D eigenvalue weighted by Crippen LogP contribution is -2.58. The van der Waals surface area contributed by atoms with E-state index in [2.05, 4.69) is 26.6 Å². The molecule has 0 heterocycles. The normalized spacial score (nSPS) is 13.2. The van der Waals surface area contributed by atoms with Crippen molar-refractivity contribution in [2.45, 2.75) is 63.9 Å². The molecule has 2 aromatic rings. The maximum atomic E-state index is 13.6. The SMILES string of the molecule is COC(=O)[C@H](CNC(=O)[C@H](Cc1ccccc1)NC(=O)[C@H](CC(C)C)NC(=O)[C@H](CCSC)NC=O)NC(=O)OCc1ccccc1. The fraction of sp³-hybridized carbons (Fsp3) is 0.455. The van der Waals surface area contributed by atoms with E-state index in [-0.39, 0.29) is 31.9 Å². The number of esters is 1. The van der Waals surface area contributed by atoms with E-state index in [4.69, 9.17) is 9.47 Å². The predicted molar refractivity (Wildman–Crippen MR) is 178 cm³/mol. The van der Waals surface area contributed by atoms with Gasteiger partial charge in [0, 0.05) is 13.0 Å². The monoisotopic (exact) mass is 671 g/mol.